The molecule has 38 valence electrons. The summed E-state index contributed by atoms with van der Waals surface area (Å²) in [4.78, 5) is 2.92. The monoisotopic (exact) mass is 99.1 g/mol. The molecule has 0 aromatic carbocycles. The summed E-state index contributed by atoms with van der Waals surface area (Å²) in [6.07, 6.45) is 3.77. The van der Waals surface area contributed by atoms with Crippen molar-refractivity contribution >= 4 is 5.95 Å². The highest BCUT2D eigenvalue weighted by molar-refractivity contribution is 4.85. The molecule has 0 aliphatic heterocycles. The molecule has 1 aromatic rings. The fraction of sp³-hybridized carbons (Fsp3) is 0.250. The van der Waals surface area contributed by atoms with Crippen LogP contribution in [0.3, 0.4) is 0 Å². The third-order valence-corrected chi connectivity index (χ3v) is 0.974. The molecule has 1 aromatic heterocycles. The van der Waals surface area contributed by atoms with Gasteiger partial charge in [-0.15, -0.1) is 0 Å². The Morgan fingerprint density at radius 1 is 1.86 bits per heavy atom. The number of rotatable bonds is 0. The Morgan fingerprint density at radius 2 is 2.57 bits per heavy atom. The molecular formula is C4H9N3+2. The summed E-state index contributed by atoms with van der Waals surface area (Å²) in [5, 5.41) is 0. The van der Waals surface area contributed by atoms with E-state index in [1.807, 2.05) is 24.0 Å². The predicted molar refractivity (Wildman–Crippen MR) is 24.5 cm³/mol. The second kappa shape index (κ2) is 1.35. The maximum Gasteiger partial charge on any atom is 0.448 e. The fourth-order valence-electron chi connectivity index (χ4n) is 0.437. The molecule has 0 bridgehead atoms. The largest absolute Gasteiger partial charge is 0.448 e. The summed E-state index contributed by atoms with van der Waals surface area (Å²) in [5.74, 6) is 0.931. The summed E-state index contributed by atoms with van der Waals surface area (Å²) in [6.45, 7) is 0. The van der Waals surface area contributed by atoms with Gasteiger partial charge in [-0.25, -0.2) is 0 Å². The first-order chi connectivity index (χ1) is 3.30. The first-order valence-corrected chi connectivity index (χ1v) is 2.15. The summed E-state index contributed by atoms with van der Waals surface area (Å²) >= 11 is 0. The molecule has 1 rings (SSSR count). The Bertz CT molecular complexity index is 139. The zero-order valence-electron chi connectivity index (χ0n) is 4.31. The van der Waals surface area contributed by atoms with E-state index in [-0.39, 0.29) is 0 Å². The van der Waals surface area contributed by atoms with Crippen LogP contribution >= 0.6 is 0 Å². The smallest absolute Gasteiger partial charge is 0.253 e. The number of imidazole rings is 1. The average molecular weight is 99.1 g/mol. The number of H-pyrrole nitrogens is 1. The normalized spacial score (nSPS) is 9.43. The van der Waals surface area contributed by atoms with Crippen LogP contribution in [0.25, 0.3) is 0 Å². The maximum atomic E-state index is 3.69. The van der Waals surface area contributed by atoms with Gasteiger partial charge in [0, 0.05) is 0 Å². The van der Waals surface area contributed by atoms with Crippen molar-refractivity contribution in [1.82, 2.24) is 4.98 Å². The molecule has 0 spiro atoms. The highest BCUT2D eigenvalue weighted by atomic mass is 15.1. The molecule has 0 fully saturated rings. The highest BCUT2D eigenvalue weighted by Gasteiger charge is 1.99. The molecule has 0 saturated heterocycles. The van der Waals surface area contributed by atoms with Gasteiger partial charge in [-0.05, 0) is 0 Å². The summed E-state index contributed by atoms with van der Waals surface area (Å²) in [6, 6.07) is 0. The lowest BCUT2D eigenvalue weighted by Gasteiger charge is -1.72. The second-order valence-electron chi connectivity index (χ2n) is 1.52. The standard InChI is InChI=1S/C4H7N3/c1-7-3-2-6-4(7)5/h2-3H,1H3,(H2,5,6)/p+2. The summed E-state index contributed by atoms with van der Waals surface area (Å²) in [5.41, 5.74) is 3.69. The zero-order valence-corrected chi connectivity index (χ0v) is 4.31. The van der Waals surface area contributed by atoms with Gasteiger partial charge >= 0.3 is 5.95 Å². The molecule has 0 unspecified atom stereocenters. The molecule has 0 saturated carbocycles. The lowest BCUT2D eigenvalue weighted by Crippen LogP contribution is -2.52. The molecule has 3 nitrogen and oxygen atoms in total. The quantitative estimate of drug-likeness (QED) is 0.380. The van der Waals surface area contributed by atoms with Gasteiger partial charge in [-0.1, -0.05) is 0 Å². The van der Waals surface area contributed by atoms with Gasteiger partial charge in [0.2, 0.25) is 0 Å². The Labute approximate surface area is 41.8 Å². The number of nitrogens with zero attached hydrogens (tertiary/aromatic N) is 1. The van der Waals surface area contributed by atoms with Crippen LogP contribution in [0.15, 0.2) is 12.4 Å². The van der Waals surface area contributed by atoms with Gasteiger partial charge in [0.25, 0.3) is 0 Å². The molecule has 3 heteroatoms. The molecular weight excluding hydrogens is 90.1 g/mol. The SMILES string of the molecule is C[n+]1cc[nH]c1[NH3+]. The van der Waals surface area contributed by atoms with Crippen LogP contribution in [-0.2, 0) is 7.05 Å². The minimum atomic E-state index is 0.931. The number of quaternary nitrogens is 1. The van der Waals surface area contributed by atoms with Gasteiger partial charge in [-0.2, -0.15) is 9.55 Å². The third kappa shape index (κ3) is 0.618. The van der Waals surface area contributed by atoms with Crippen molar-refractivity contribution in [2.45, 2.75) is 0 Å². The minimum absolute atomic E-state index is 0.931. The number of aryl methyl sites for hydroxylation is 1. The van der Waals surface area contributed by atoms with Gasteiger partial charge in [-0.3, -0.25) is 5.73 Å². The van der Waals surface area contributed by atoms with Crippen LogP contribution in [-0.4, -0.2) is 4.98 Å². The van der Waals surface area contributed by atoms with E-state index in [1.165, 1.54) is 0 Å². The molecule has 0 aliphatic rings. The summed E-state index contributed by atoms with van der Waals surface area (Å²) < 4.78 is 1.92. The lowest BCUT2D eigenvalue weighted by molar-refractivity contribution is -0.702. The predicted octanol–water partition coefficient (Wildman–Crippen LogP) is -1.29. The number of aromatic nitrogens is 2. The number of hydrogen-bond acceptors (Lipinski definition) is 0. The first kappa shape index (κ1) is 4.33. The van der Waals surface area contributed by atoms with E-state index in [0.29, 0.717) is 0 Å². The lowest BCUT2D eigenvalue weighted by atomic mass is 10.9. The Balaban J connectivity index is 3.12. The zero-order chi connectivity index (χ0) is 5.28. The van der Waals surface area contributed by atoms with Crippen molar-refractivity contribution in [2.24, 2.45) is 7.05 Å². The van der Waals surface area contributed by atoms with Gasteiger partial charge in [0.05, 0.1) is 7.05 Å². The van der Waals surface area contributed by atoms with E-state index in [1.54, 1.807) is 0 Å². The maximum absolute atomic E-state index is 3.69. The van der Waals surface area contributed by atoms with Gasteiger partial charge in [0.15, 0.2) is 0 Å². The molecule has 0 amide bonds. The van der Waals surface area contributed by atoms with Crippen molar-refractivity contribution in [2.75, 3.05) is 0 Å². The average Bonchev–Trinajstić information content (AvgIpc) is 1.91. The van der Waals surface area contributed by atoms with Crippen LogP contribution in [0, 0.1) is 0 Å². The first-order valence-electron chi connectivity index (χ1n) is 2.15. The van der Waals surface area contributed by atoms with E-state index < -0.39 is 0 Å². The molecule has 1 heterocycles. The van der Waals surface area contributed by atoms with E-state index in [4.69, 9.17) is 0 Å². The minimum Gasteiger partial charge on any atom is -0.253 e. The van der Waals surface area contributed by atoms with E-state index in [2.05, 4.69) is 10.7 Å². The van der Waals surface area contributed by atoms with Crippen LogP contribution in [0.2, 0.25) is 0 Å². The molecule has 0 radical (unpaired) electrons. The van der Waals surface area contributed by atoms with Crippen LogP contribution in [0.5, 0.6) is 0 Å². The van der Waals surface area contributed by atoms with E-state index in [9.17, 15) is 0 Å². The van der Waals surface area contributed by atoms with Crippen LogP contribution in [0.1, 0.15) is 0 Å². The topological polar surface area (TPSA) is 47.3 Å². The summed E-state index contributed by atoms with van der Waals surface area (Å²) in [7, 11) is 1.94. The van der Waals surface area contributed by atoms with E-state index >= 15 is 0 Å². The van der Waals surface area contributed by atoms with E-state index in [0.717, 1.165) is 5.95 Å². The third-order valence-electron chi connectivity index (χ3n) is 0.974. The highest BCUT2D eigenvalue weighted by Crippen LogP contribution is 1.75. The Kier molecular flexibility index (Phi) is 0.834. The van der Waals surface area contributed by atoms with Crippen LogP contribution in [0.4, 0.5) is 5.95 Å². The number of aromatic amines is 1. The molecule has 0 atom stereocenters. The molecule has 0 aliphatic carbocycles. The van der Waals surface area contributed by atoms with Gasteiger partial charge < -0.3 is 0 Å². The Hall–Kier alpha value is -0.830. The van der Waals surface area contributed by atoms with Crippen molar-refractivity contribution < 1.29 is 10.3 Å². The van der Waals surface area contributed by atoms with Crippen molar-refractivity contribution in [1.29, 1.82) is 0 Å². The Morgan fingerprint density at radius 3 is 2.71 bits per heavy atom. The molecule has 4 N–H and O–H groups in total. The van der Waals surface area contributed by atoms with Crippen molar-refractivity contribution in [3.63, 3.8) is 0 Å². The second-order valence-corrected chi connectivity index (χ2v) is 1.52. The van der Waals surface area contributed by atoms with Crippen LogP contribution < -0.4 is 10.3 Å². The number of hydrogen-bond donors (Lipinski definition) is 2. The number of nitrogens with one attached hydrogen (secondary N) is 1. The fourth-order valence-corrected chi connectivity index (χ4v) is 0.437. The van der Waals surface area contributed by atoms with Crippen molar-refractivity contribution in [3.8, 4) is 0 Å². The van der Waals surface area contributed by atoms with Gasteiger partial charge in [0.1, 0.15) is 12.4 Å². The molecule has 7 heavy (non-hydrogen) atoms. The van der Waals surface area contributed by atoms with Crippen molar-refractivity contribution in [3.05, 3.63) is 12.4 Å².